The number of hydrogen-bond donors (Lipinski definition) is 1. The molecule has 1 N–H and O–H groups in total. The lowest BCUT2D eigenvalue weighted by Crippen LogP contribution is -2.11. The van der Waals surface area contributed by atoms with Crippen LogP contribution in [0.5, 0.6) is 0 Å². The molecule has 58 valence electrons. The van der Waals surface area contributed by atoms with E-state index in [0.717, 1.165) is 6.42 Å². The summed E-state index contributed by atoms with van der Waals surface area (Å²) in [5.74, 6) is 0.421. The van der Waals surface area contributed by atoms with Crippen molar-refractivity contribution in [3.63, 3.8) is 0 Å². The van der Waals surface area contributed by atoms with Crippen LogP contribution in [0.3, 0.4) is 0 Å². The van der Waals surface area contributed by atoms with Crippen LogP contribution in [0.4, 0.5) is 0 Å². The Morgan fingerprint density at radius 1 is 1.22 bits per heavy atom. The molecular formula is C8H20O. The van der Waals surface area contributed by atoms with Gasteiger partial charge >= 0.3 is 0 Å². The standard InChI is InChI=1S/C6H14O.C2H6/c1-4-6(7)5(2)3;1-2/h5-7H,4H2,1-3H3;1-2H3. The van der Waals surface area contributed by atoms with E-state index in [4.69, 9.17) is 5.11 Å². The van der Waals surface area contributed by atoms with Crippen molar-refractivity contribution in [3.05, 3.63) is 0 Å². The summed E-state index contributed by atoms with van der Waals surface area (Å²) in [6, 6.07) is 0. The van der Waals surface area contributed by atoms with Gasteiger partial charge in [0.15, 0.2) is 0 Å². The lowest BCUT2D eigenvalue weighted by Gasteiger charge is -2.09. The minimum Gasteiger partial charge on any atom is -0.393 e. The molecule has 1 heteroatoms. The molecule has 1 atom stereocenters. The molecule has 0 aromatic heterocycles. The quantitative estimate of drug-likeness (QED) is 0.612. The van der Waals surface area contributed by atoms with E-state index in [9.17, 15) is 0 Å². The summed E-state index contributed by atoms with van der Waals surface area (Å²) in [7, 11) is 0. The summed E-state index contributed by atoms with van der Waals surface area (Å²) in [5.41, 5.74) is 0. The zero-order valence-electron chi connectivity index (χ0n) is 7.31. The maximum Gasteiger partial charge on any atom is 0.0560 e. The van der Waals surface area contributed by atoms with Gasteiger partial charge in [0, 0.05) is 0 Å². The second-order valence-corrected chi connectivity index (χ2v) is 2.22. The largest absolute Gasteiger partial charge is 0.393 e. The molecule has 0 radical (unpaired) electrons. The smallest absolute Gasteiger partial charge is 0.0560 e. The van der Waals surface area contributed by atoms with Crippen LogP contribution in [0.2, 0.25) is 0 Å². The molecule has 1 unspecified atom stereocenters. The first kappa shape index (κ1) is 11.7. The van der Waals surface area contributed by atoms with Crippen LogP contribution in [0.15, 0.2) is 0 Å². The van der Waals surface area contributed by atoms with Crippen LogP contribution in [0.1, 0.15) is 41.0 Å². The van der Waals surface area contributed by atoms with E-state index < -0.39 is 0 Å². The summed E-state index contributed by atoms with van der Waals surface area (Å²) in [4.78, 5) is 0. The van der Waals surface area contributed by atoms with Gasteiger partial charge < -0.3 is 5.11 Å². The first-order chi connectivity index (χ1) is 4.18. The monoisotopic (exact) mass is 132 g/mol. The van der Waals surface area contributed by atoms with E-state index in [0.29, 0.717) is 5.92 Å². The Balaban J connectivity index is 0. The lowest BCUT2D eigenvalue weighted by atomic mass is 10.1. The molecule has 0 fully saturated rings. The van der Waals surface area contributed by atoms with E-state index in [1.165, 1.54) is 0 Å². The highest BCUT2D eigenvalue weighted by Crippen LogP contribution is 2.02. The third-order valence-corrected chi connectivity index (χ3v) is 1.19. The molecule has 0 saturated carbocycles. The molecule has 0 heterocycles. The van der Waals surface area contributed by atoms with Crippen LogP contribution in [-0.2, 0) is 0 Å². The fourth-order valence-electron chi connectivity index (χ4n) is 0.471. The van der Waals surface area contributed by atoms with Crippen LogP contribution >= 0.6 is 0 Å². The van der Waals surface area contributed by atoms with Crippen LogP contribution in [0, 0.1) is 5.92 Å². The van der Waals surface area contributed by atoms with Gasteiger partial charge in [-0.3, -0.25) is 0 Å². The summed E-state index contributed by atoms with van der Waals surface area (Å²) in [6.45, 7) is 10.0. The van der Waals surface area contributed by atoms with E-state index in [2.05, 4.69) is 0 Å². The van der Waals surface area contributed by atoms with Gasteiger partial charge in [0.1, 0.15) is 0 Å². The highest BCUT2D eigenvalue weighted by Gasteiger charge is 2.03. The fraction of sp³-hybridized carbons (Fsp3) is 1.00. The van der Waals surface area contributed by atoms with Crippen molar-refractivity contribution in [3.8, 4) is 0 Å². The van der Waals surface area contributed by atoms with Crippen molar-refractivity contribution in [2.45, 2.75) is 47.1 Å². The third-order valence-electron chi connectivity index (χ3n) is 1.19. The highest BCUT2D eigenvalue weighted by atomic mass is 16.3. The third kappa shape index (κ3) is 7.96. The lowest BCUT2D eigenvalue weighted by molar-refractivity contribution is 0.121. The van der Waals surface area contributed by atoms with E-state index in [1.54, 1.807) is 0 Å². The fourth-order valence-corrected chi connectivity index (χ4v) is 0.471. The van der Waals surface area contributed by atoms with Crippen molar-refractivity contribution < 1.29 is 5.11 Å². The molecule has 0 rings (SSSR count). The number of aliphatic hydroxyl groups excluding tert-OH is 1. The van der Waals surface area contributed by atoms with Gasteiger partial charge in [-0.1, -0.05) is 34.6 Å². The van der Waals surface area contributed by atoms with Crippen molar-refractivity contribution >= 4 is 0 Å². The molecule has 0 aromatic carbocycles. The van der Waals surface area contributed by atoms with E-state index in [1.807, 2.05) is 34.6 Å². The average molecular weight is 132 g/mol. The van der Waals surface area contributed by atoms with Gasteiger partial charge in [-0.2, -0.15) is 0 Å². The Morgan fingerprint density at radius 3 is 1.56 bits per heavy atom. The highest BCUT2D eigenvalue weighted by molar-refractivity contribution is 4.54. The Labute approximate surface area is 59.1 Å². The first-order valence-electron chi connectivity index (χ1n) is 3.86. The summed E-state index contributed by atoms with van der Waals surface area (Å²) < 4.78 is 0. The maximum absolute atomic E-state index is 8.94. The number of aliphatic hydroxyl groups is 1. The van der Waals surface area contributed by atoms with Crippen molar-refractivity contribution in [1.82, 2.24) is 0 Å². The van der Waals surface area contributed by atoms with Gasteiger partial charge in [-0.05, 0) is 12.3 Å². The summed E-state index contributed by atoms with van der Waals surface area (Å²) >= 11 is 0. The predicted molar refractivity (Wildman–Crippen MR) is 42.5 cm³/mol. The summed E-state index contributed by atoms with van der Waals surface area (Å²) in [5, 5.41) is 8.94. The van der Waals surface area contributed by atoms with Gasteiger partial charge in [-0.15, -0.1) is 0 Å². The molecule has 0 aliphatic heterocycles. The van der Waals surface area contributed by atoms with Gasteiger partial charge in [-0.25, -0.2) is 0 Å². The minimum absolute atomic E-state index is 0.0972. The zero-order chi connectivity index (χ0) is 7.86. The summed E-state index contributed by atoms with van der Waals surface area (Å²) in [6.07, 6.45) is 0.775. The predicted octanol–water partition coefficient (Wildman–Crippen LogP) is 2.44. The Morgan fingerprint density at radius 2 is 1.56 bits per heavy atom. The number of rotatable bonds is 2. The zero-order valence-corrected chi connectivity index (χ0v) is 7.31. The van der Waals surface area contributed by atoms with Gasteiger partial charge in [0.25, 0.3) is 0 Å². The second-order valence-electron chi connectivity index (χ2n) is 2.22. The molecule has 0 bridgehead atoms. The van der Waals surface area contributed by atoms with E-state index in [-0.39, 0.29) is 6.10 Å². The SMILES string of the molecule is CC.CCC(O)C(C)C. The van der Waals surface area contributed by atoms with Gasteiger partial charge in [0.2, 0.25) is 0 Å². The first-order valence-corrected chi connectivity index (χ1v) is 3.86. The normalized spacial score (nSPS) is 12.3. The minimum atomic E-state index is -0.0972. The van der Waals surface area contributed by atoms with E-state index >= 15 is 0 Å². The molecule has 0 aromatic rings. The molecule has 0 amide bonds. The topological polar surface area (TPSA) is 20.2 Å². The Hall–Kier alpha value is -0.0400. The van der Waals surface area contributed by atoms with Crippen molar-refractivity contribution in [2.24, 2.45) is 5.92 Å². The van der Waals surface area contributed by atoms with Crippen LogP contribution in [0.25, 0.3) is 0 Å². The number of hydrogen-bond acceptors (Lipinski definition) is 1. The average Bonchev–Trinajstić information content (AvgIpc) is 1.91. The Bertz CT molecular complexity index is 41.8. The van der Waals surface area contributed by atoms with Crippen molar-refractivity contribution in [2.75, 3.05) is 0 Å². The van der Waals surface area contributed by atoms with Crippen molar-refractivity contribution in [1.29, 1.82) is 0 Å². The molecule has 0 aliphatic rings. The molecule has 1 nitrogen and oxygen atoms in total. The molecule has 0 saturated heterocycles. The second kappa shape index (κ2) is 7.96. The van der Waals surface area contributed by atoms with Crippen LogP contribution in [-0.4, -0.2) is 11.2 Å². The van der Waals surface area contributed by atoms with Crippen LogP contribution < -0.4 is 0 Å². The Kier molecular flexibility index (Phi) is 10.4. The molecule has 0 aliphatic carbocycles. The molecule has 9 heavy (non-hydrogen) atoms. The maximum atomic E-state index is 8.94. The molecular weight excluding hydrogens is 112 g/mol. The van der Waals surface area contributed by atoms with Gasteiger partial charge in [0.05, 0.1) is 6.10 Å². The molecule has 0 spiro atoms.